The van der Waals surface area contributed by atoms with E-state index in [0.29, 0.717) is 18.7 Å². The molecule has 0 aliphatic carbocycles. The minimum atomic E-state index is -0.0980. The number of Topliss-reactive ketones (excluding diaryl/α,β-unsaturated/α-hetero) is 1. The highest BCUT2D eigenvalue weighted by molar-refractivity contribution is 5.77. The fraction of sp³-hybridized carbons (Fsp3) is 0.500. The van der Waals surface area contributed by atoms with Crippen LogP contribution in [0.25, 0.3) is 0 Å². The van der Waals surface area contributed by atoms with E-state index in [1.807, 2.05) is 24.3 Å². The van der Waals surface area contributed by atoms with Crippen LogP contribution in [0.5, 0.6) is 5.75 Å². The monoisotopic (exact) mass is 277 g/mol. The SMILES string of the molecule is CCCCNC(=O)COc1ccc(CCC(C)=O)cc1. The number of aryl methyl sites for hydroxylation is 1. The van der Waals surface area contributed by atoms with E-state index in [1.54, 1.807) is 6.92 Å². The molecule has 1 aromatic carbocycles. The first-order chi connectivity index (χ1) is 9.61. The summed E-state index contributed by atoms with van der Waals surface area (Å²) in [4.78, 5) is 22.4. The lowest BCUT2D eigenvalue weighted by molar-refractivity contribution is -0.123. The zero-order valence-corrected chi connectivity index (χ0v) is 12.3. The van der Waals surface area contributed by atoms with E-state index in [-0.39, 0.29) is 18.3 Å². The van der Waals surface area contributed by atoms with Crippen molar-refractivity contribution in [2.45, 2.75) is 39.5 Å². The number of amides is 1. The Kier molecular flexibility index (Phi) is 7.40. The molecule has 0 saturated heterocycles. The van der Waals surface area contributed by atoms with E-state index in [9.17, 15) is 9.59 Å². The summed E-state index contributed by atoms with van der Waals surface area (Å²) in [5.74, 6) is 0.760. The van der Waals surface area contributed by atoms with Crippen LogP contribution in [-0.2, 0) is 16.0 Å². The maximum absolute atomic E-state index is 11.5. The fourth-order valence-electron chi connectivity index (χ4n) is 1.68. The average molecular weight is 277 g/mol. The first-order valence-corrected chi connectivity index (χ1v) is 7.09. The number of hydrogen-bond donors (Lipinski definition) is 1. The molecule has 1 amide bonds. The Labute approximate surface area is 120 Å². The van der Waals surface area contributed by atoms with Gasteiger partial charge in [-0.3, -0.25) is 4.79 Å². The quantitative estimate of drug-likeness (QED) is 0.706. The van der Waals surface area contributed by atoms with Gasteiger partial charge in [0.05, 0.1) is 0 Å². The molecule has 1 aromatic rings. The maximum Gasteiger partial charge on any atom is 0.257 e. The second-order valence-electron chi connectivity index (χ2n) is 4.84. The number of carbonyl (C=O) groups is 2. The van der Waals surface area contributed by atoms with E-state index in [2.05, 4.69) is 12.2 Å². The second kappa shape index (κ2) is 9.13. The average Bonchev–Trinajstić information content (AvgIpc) is 2.44. The molecule has 0 aliphatic heterocycles. The third-order valence-electron chi connectivity index (χ3n) is 2.91. The second-order valence-corrected chi connectivity index (χ2v) is 4.84. The number of rotatable bonds is 9. The van der Waals surface area contributed by atoms with Gasteiger partial charge in [0.15, 0.2) is 6.61 Å². The van der Waals surface area contributed by atoms with Crippen molar-refractivity contribution in [2.24, 2.45) is 0 Å². The molecule has 0 bridgehead atoms. The summed E-state index contributed by atoms with van der Waals surface area (Å²) >= 11 is 0. The van der Waals surface area contributed by atoms with Crippen molar-refractivity contribution in [2.75, 3.05) is 13.2 Å². The first kappa shape index (κ1) is 16.2. The van der Waals surface area contributed by atoms with Gasteiger partial charge in [-0.15, -0.1) is 0 Å². The number of nitrogens with one attached hydrogen (secondary N) is 1. The number of ether oxygens (including phenoxy) is 1. The highest BCUT2D eigenvalue weighted by atomic mass is 16.5. The smallest absolute Gasteiger partial charge is 0.257 e. The van der Waals surface area contributed by atoms with Crippen molar-refractivity contribution < 1.29 is 14.3 Å². The van der Waals surface area contributed by atoms with Crippen LogP contribution < -0.4 is 10.1 Å². The normalized spacial score (nSPS) is 10.1. The van der Waals surface area contributed by atoms with Gasteiger partial charge in [-0.05, 0) is 37.5 Å². The summed E-state index contributed by atoms with van der Waals surface area (Å²) in [6.07, 6.45) is 3.34. The predicted molar refractivity (Wildman–Crippen MR) is 78.9 cm³/mol. The van der Waals surface area contributed by atoms with Gasteiger partial charge in [-0.25, -0.2) is 0 Å². The molecule has 4 heteroatoms. The highest BCUT2D eigenvalue weighted by Crippen LogP contribution is 2.13. The lowest BCUT2D eigenvalue weighted by atomic mass is 10.1. The summed E-state index contributed by atoms with van der Waals surface area (Å²) < 4.78 is 5.40. The topological polar surface area (TPSA) is 55.4 Å². The zero-order valence-electron chi connectivity index (χ0n) is 12.3. The van der Waals surface area contributed by atoms with Gasteiger partial charge in [0.25, 0.3) is 5.91 Å². The van der Waals surface area contributed by atoms with E-state index in [0.717, 1.165) is 24.8 Å². The molecule has 0 fully saturated rings. The van der Waals surface area contributed by atoms with Crippen LogP contribution in [0.2, 0.25) is 0 Å². The first-order valence-electron chi connectivity index (χ1n) is 7.09. The van der Waals surface area contributed by atoms with E-state index in [4.69, 9.17) is 4.74 Å². The third kappa shape index (κ3) is 6.92. The Morgan fingerprint density at radius 3 is 2.50 bits per heavy atom. The van der Waals surface area contributed by atoms with Gasteiger partial charge in [0.2, 0.25) is 0 Å². The molecular formula is C16H23NO3. The van der Waals surface area contributed by atoms with Crippen LogP contribution in [0, 0.1) is 0 Å². The Balaban J connectivity index is 2.30. The molecule has 0 aliphatic rings. The van der Waals surface area contributed by atoms with Crippen LogP contribution in [0.3, 0.4) is 0 Å². The van der Waals surface area contributed by atoms with E-state index < -0.39 is 0 Å². The van der Waals surface area contributed by atoms with Crippen molar-refractivity contribution in [1.29, 1.82) is 0 Å². The van der Waals surface area contributed by atoms with Gasteiger partial charge in [0, 0.05) is 13.0 Å². The van der Waals surface area contributed by atoms with Crippen molar-refractivity contribution in [3.8, 4) is 5.75 Å². The highest BCUT2D eigenvalue weighted by Gasteiger charge is 2.02. The van der Waals surface area contributed by atoms with Crippen molar-refractivity contribution in [3.63, 3.8) is 0 Å². The number of ketones is 1. The standard InChI is InChI=1S/C16H23NO3/c1-3-4-11-17-16(19)12-20-15-9-7-14(8-10-15)6-5-13(2)18/h7-10H,3-6,11-12H2,1-2H3,(H,17,19). The number of benzene rings is 1. The van der Waals surface area contributed by atoms with Gasteiger partial charge < -0.3 is 14.8 Å². The molecule has 20 heavy (non-hydrogen) atoms. The molecular weight excluding hydrogens is 254 g/mol. The maximum atomic E-state index is 11.5. The van der Waals surface area contributed by atoms with Gasteiger partial charge in [-0.2, -0.15) is 0 Å². The van der Waals surface area contributed by atoms with Crippen molar-refractivity contribution in [3.05, 3.63) is 29.8 Å². The molecule has 0 unspecified atom stereocenters. The Morgan fingerprint density at radius 1 is 1.20 bits per heavy atom. The fourth-order valence-corrected chi connectivity index (χ4v) is 1.68. The summed E-state index contributed by atoms with van der Waals surface area (Å²) in [7, 11) is 0. The van der Waals surface area contributed by atoms with E-state index in [1.165, 1.54) is 0 Å². The molecule has 110 valence electrons. The van der Waals surface area contributed by atoms with Crippen LogP contribution in [0.15, 0.2) is 24.3 Å². The minimum Gasteiger partial charge on any atom is -0.484 e. The molecule has 0 aromatic heterocycles. The molecule has 1 rings (SSSR count). The van der Waals surface area contributed by atoms with E-state index >= 15 is 0 Å². The Bertz CT molecular complexity index is 426. The summed E-state index contributed by atoms with van der Waals surface area (Å²) in [5.41, 5.74) is 1.10. The number of hydrogen-bond acceptors (Lipinski definition) is 3. The van der Waals surface area contributed by atoms with Gasteiger partial charge >= 0.3 is 0 Å². The van der Waals surface area contributed by atoms with Crippen molar-refractivity contribution >= 4 is 11.7 Å². The third-order valence-corrected chi connectivity index (χ3v) is 2.91. The predicted octanol–water partition coefficient (Wildman–Crippen LogP) is 2.50. The lowest BCUT2D eigenvalue weighted by Gasteiger charge is -2.07. The summed E-state index contributed by atoms with van der Waals surface area (Å²) in [6.45, 7) is 4.41. The number of unbranched alkanes of at least 4 members (excludes halogenated alkanes) is 1. The molecule has 0 radical (unpaired) electrons. The Morgan fingerprint density at radius 2 is 1.90 bits per heavy atom. The molecule has 0 heterocycles. The van der Waals surface area contributed by atoms with Crippen LogP contribution in [0.1, 0.15) is 38.7 Å². The molecule has 1 N–H and O–H groups in total. The van der Waals surface area contributed by atoms with Crippen molar-refractivity contribution in [1.82, 2.24) is 5.32 Å². The zero-order chi connectivity index (χ0) is 14.8. The molecule has 4 nitrogen and oxygen atoms in total. The minimum absolute atomic E-state index is 0.0382. The van der Waals surface area contributed by atoms with Gasteiger partial charge in [-0.1, -0.05) is 25.5 Å². The van der Waals surface area contributed by atoms with Crippen LogP contribution in [-0.4, -0.2) is 24.8 Å². The van der Waals surface area contributed by atoms with Crippen LogP contribution >= 0.6 is 0 Å². The largest absolute Gasteiger partial charge is 0.484 e. The molecule has 0 saturated carbocycles. The number of carbonyl (C=O) groups excluding carboxylic acids is 2. The molecule has 0 atom stereocenters. The van der Waals surface area contributed by atoms with Crippen LogP contribution in [0.4, 0.5) is 0 Å². The lowest BCUT2D eigenvalue weighted by Crippen LogP contribution is -2.29. The summed E-state index contributed by atoms with van der Waals surface area (Å²) in [6, 6.07) is 7.50. The summed E-state index contributed by atoms with van der Waals surface area (Å²) in [5, 5.41) is 2.80. The Hall–Kier alpha value is -1.84. The van der Waals surface area contributed by atoms with Gasteiger partial charge in [0.1, 0.15) is 11.5 Å². The molecule has 0 spiro atoms.